The second-order valence-electron chi connectivity index (χ2n) is 4.70. The lowest BCUT2D eigenvalue weighted by Crippen LogP contribution is -2.30. The van der Waals surface area contributed by atoms with Crippen LogP contribution in [0, 0.1) is 5.92 Å². The van der Waals surface area contributed by atoms with Crippen LogP contribution in [0.3, 0.4) is 0 Å². The first-order valence-electron chi connectivity index (χ1n) is 6.53. The number of hydrogen-bond donors (Lipinski definition) is 0. The third kappa shape index (κ3) is 3.34. The van der Waals surface area contributed by atoms with Gasteiger partial charge in [-0.05, 0) is 37.1 Å². The van der Waals surface area contributed by atoms with E-state index in [4.69, 9.17) is 9.47 Å². The highest BCUT2D eigenvalue weighted by atomic mass is 16.6. The number of benzene rings is 1. The molecule has 4 nitrogen and oxygen atoms in total. The highest BCUT2D eigenvalue weighted by Crippen LogP contribution is 2.35. The minimum atomic E-state index is -0.530. The van der Waals surface area contributed by atoms with Crippen LogP contribution in [0.1, 0.15) is 36.5 Å². The van der Waals surface area contributed by atoms with Gasteiger partial charge in [0.25, 0.3) is 0 Å². The molecular formula is C15H18O4. The number of rotatable bonds is 6. The Morgan fingerprint density at radius 2 is 1.89 bits per heavy atom. The lowest BCUT2D eigenvalue weighted by molar-refractivity contribution is -0.149. The Morgan fingerprint density at radius 3 is 2.37 bits per heavy atom. The van der Waals surface area contributed by atoms with Crippen LogP contribution in [0.2, 0.25) is 0 Å². The Bertz CT molecular complexity index is 460. The maximum absolute atomic E-state index is 11.6. The number of Topliss-reactive ketones (excluding diaryl/α,β-unsaturated/α-hetero) is 1. The first kappa shape index (κ1) is 13.6. The van der Waals surface area contributed by atoms with Gasteiger partial charge in [0.1, 0.15) is 5.75 Å². The third-order valence-electron chi connectivity index (χ3n) is 3.24. The fourth-order valence-corrected chi connectivity index (χ4v) is 1.92. The predicted octanol–water partition coefficient (Wildman–Crippen LogP) is 2.61. The molecule has 0 amide bonds. The van der Waals surface area contributed by atoms with E-state index >= 15 is 0 Å². The van der Waals surface area contributed by atoms with Gasteiger partial charge in [-0.15, -0.1) is 0 Å². The van der Waals surface area contributed by atoms with Crippen LogP contribution in [0.5, 0.6) is 5.75 Å². The molecule has 0 aliphatic heterocycles. The van der Waals surface area contributed by atoms with Gasteiger partial charge in [0.15, 0.2) is 11.9 Å². The number of carbonyl (C=O) groups excluding carboxylic acids is 2. The zero-order valence-corrected chi connectivity index (χ0v) is 11.2. The van der Waals surface area contributed by atoms with E-state index in [1.54, 1.807) is 24.3 Å². The van der Waals surface area contributed by atoms with Crippen LogP contribution < -0.4 is 4.74 Å². The fraction of sp³-hybridized carbons (Fsp3) is 0.467. The van der Waals surface area contributed by atoms with Gasteiger partial charge >= 0.3 is 5.97 Å². The zero-order chi connectivity index (χ0) is 13.8. The van der Waals surface area contributed by atoms with Crippen molar-refractivity contribution in [3.63, 3.8) is 0 Å². The van der Waals surface area contributed by atoms with Gasteiger partial charge in [-0.25, -0.2) is 4.79 Å². The van der Waals surface area contributed by atoms with Crippen molar-refractivity contribution < 1.29 is 19.1 Å². The molecule has 0 bridgehead atoms. The van der Waals surface area contributed by atoms with Gasteiger partial charge in [-0.1, -0.05) is 6.92 Å². The second-order valence-corrected chi connectivity index (χ2v) is 4.70. The molecule has 1 unspecified atom stereocenters. The molecule has 0 saturated heterocycles. The van der Waals surface area contributed by atoms with Gasteiger partial charge in [0.2, 0.25) is 0 Å². The van der Waals surface area contributed by atoms with Crippen LogP contribution >= 0.6 is 0 Å². The summed E-state index contributed by atoms with van der Waals surface area (Å²) in [6.07, 6.45) is 1.93. The molecular weight excluding hydrogens is 244 g/mol. The van der Waals surface area contributed by atoms with E-state index in [1.165, 1.54) is 7.11 Å². The quantitative estimate of drug-likeness (QED) is 0.584. The Kier molecular flexibility index (Phi) is 4.20. The van der Waals surface area contributed by atoms with Crippen molar-refractivity contribution in [2.24, 2.45) is 5.92 Å². The molecule has 1 aliphatic carbocycles. The predicted molar refractivity (Wildman–Crippen MR) is 70.2 cm³/mol. The minimum Gasteiger partial charge on any atom is -0.478 e. The highest BCUT2D eigenvalue weighted by Gasteiger charge is 2.38. The van der Waals surface area contributed by atoms with Crippen LogP contribution in [0.15, 0.2) is 24.3 Å². The van der Waals surface area contributed by atoms with Gasteiger partial charge < -0.3 is 9.47 Å². The average molecular weight is 262 g/mol. The molecule has 2 rings (SSSR count). The smallest absolute Gasteiger partial charge is 0.347 e. The van der Waals surface area contributed by atoms with E-state index in [0.29, 0.717) is 17.7 Å². The molecule has 0 heterocycles. The molecule has 0 spiro atoms. The van der Waals surface area contributed by atoms with Crippen LogP contribution in [0.4, 0.5) is 0 Å². The Labute approximate surface area is 112 Å². The standard InChI is InChI=1S/C15H18O4/c1-3-13(16)10-6-8-12(9-7-10)19-14(11-4-5-11)15(17)18-2/h6-9,11,14H,3-5H2,1-2H3. The van der Waals surface area contributed by atoms with Gasteiger partial charge in [0.05, 0.1) is 7.11 Å². The lowest BCUT2D eigenvalue weighted by atomic mass is 10.1. The van der Waals surface area contributed by atoms with Gasteiger partial charge in [-0.3, -0.25) is 4.79 Å². The monoisotopic (exact) mass is 262 g/mol. The van der Waals surface area contributed by atoms with Gasteiger partial charge in [0, 0.05) is 17.9 Å². The number of esters is 1. The minimum absolute atomic E-state index is 0.0956. The van der Waals surface area contributed by atoms with E-state index in [2.05, 4.69) is 0 Å². The third-order valence-corrected chi connectivity index (χ3v) is 3.24. The zero-order valence-electron chi connectivity index (χ0n) is 11.2. The molecule has 0 aromatic heterocycles. The molecule has 19 heavy (non-hydrogen) atoms. The Hall–Kier alpha value is -1.84. The summed E-state index contributed by atoms with van der Waals surface area (Å²) in [7, 11) is 1.37. The van der Waals surface area contributed by atoms with E-state index in [1.807, 2.05) is 6.92 Å². The normalized spacial score (nSPS) is 15.7. The van der Waals surface area contributed by atoms with Crippen LogP contribution in [-0.4, -0.2) is 25.0 Å². The number of ether oxygens (including phenoxy) is 2. The summed E-state index contributed by atoms with van der Waals surface area (Å²) in [6.45, 7) is 1.83. The lowest BCUT2D eigenvalue weighted by Gasteiger charge is -2.16. The highest BCUT2D eigenvalue weighted by molar-refractivity contribution is 5.95. The maximum atomic E-state index is 11.6. The summed E-state index contributed by atoms with van der Waals surface area (Å²) in [6, 6.07) is 6.90. The average Bonchev–Trinajstić information content (AvgIpc) is 3.28. The van der Waals surface area contributed by atoms with Crippen LogP contribution in [-0.2, 0) is 9.53 Å². The van der Waals surface area contributed by atoms with Crippen molar-refractivity contribution >= 4 is 11.8 Å². The van der Waals surface area contributed by atoms with Gasteiger partial charge in [-0.2, -0.15) is 0 Å². The number of carbonyl (C=O) groups is 2. The summed E-state index contributed by atoms with van der Waals surface area (Å²) in [4.78, 5) is 23.1. The van der Waals surface area contributed by atoms with Crippen molar-refractivity contribution in [3.8, 4) is 5.75 Å². The van der Waals surface area contributed by atoms with Crippen molar-refractivity contribution in [1.82, 2.24) is 0 Å². The second kappa shape index (κ2) is 5.87. The first-order chi connectivity index (χ1) is 9.15. The molecule has 0 radical (unpaired) electrons. The summed E-state index contributed by atoms with van der Waals surface area (Å²) >= 11 is 0. The number of hydrogen-bond acceptors (Lipinski definition) is 4. The fourth-order valence-electron chi connectivity index (χ4n) is 1.92. The largest absolute Gasteiger partial charge is 0.478 e. The Morgan fingerprint density at radius 1 is 1.26 bits per heavy atom. The van der Waals surface area contributed by atoms with E-state index in [9.17, 15) is 9.59 Å². The molecule has 1 atom stereocenters. The maximum Gasteiger partial charge on any atom is 0.347 e. The molecule has 102 valence electrons. The van der Waals surface area contributed by atoms with Crippen LogP contribution in [0.25, 0.3) is 0 Å². The molecule has 1 saturated carbocycles. The van der Waals surface area contributed by atoms with E-state index in [-0.39, 0.29) is 17.7 Å². The molecule has 1 aromatic rings. The topological polar surface area (TPSA) is 52.6 Å². The van der Waals surface area contributed by atoms with Crippen molar-refractivity contribution in [2.45, 2.75) is 32.3 Å². The summed E-state index contributed by atoms with van der Waals surface area (Å²) < 4.78 is 10.4. The van der Waals surface area contributed by atoms with Crippen molar-refractivity contribution in [3.05, 3.63) is 29.8 Å². The molecule has 1 aromatic carbocycles. The Balaban J connectivity index is 2.05. The molecule has 4 heteroatoms. The van der Waals surface area contributed by atoms with E-state index in [0.717, 1.165) is 12.8 Å². The molecule has 0 N–H and O–H groups in total. The molecule has 1 aliphatic rings. The number of ketones is 1. The molecule has 1 fully saturated rings. The first-order valence-corrected chi connectivity index (χ1v) is 6.53. The number of methoxy groups -OCH3 is 1. The summed E-state index contributed by atoms with van der Waals surface area (Å²) in [5.74, 6) is 0.605. The van der Waals surface area contributed by atoms with E-state index < -0.39 is 6.10 Å². The summed E-state index contributed by atoms with van der Waals surface area (Å²) in [5, 5.41) is 0. The van der Waals surface area contributed by atoms with Crippen molar-refractivity contribution in [2.75, 3.05) is 7.11 Å². The summed E-state index contributed by atoms with van der Waals surface area (Å²) in [5.41, 5.74) is 0.663. The van der Waals surface area contributed by atoms with Crippen molar-refractivity contribution in [1.29, 1.82) is 0 Å². The SMILES string of the molecule is CCC(=O)c1ccc(OC(C(=O)OC)C2CC2)cc1.